The molecule has 0 aliphatic carbocycles. The summed E-state index contributed by atoms with van der Waals surface area (Å²) in [6.45, 7) is 4.78. The number of thiazole rings is 1. The highest BCUT2D eigenvalue weighted by Gasteiger charge is 2.22. The van der Waals surface area contributed by atoms with Gasteiger partial charge in [-0.1, -0.05) is 27.3 Å². The molecule has 0 bridgehead atoms. The van der Waals surface area contributed by atoms with Gasteiger partial charge in [0.15, 0.2) is 5.13 Å². The lowest BCUT2D eigenvalue weighted by Crippen LogP contribution is -2.15. The van der Waals surface area contributed by atoms with Crippen LogP contribution in [-0.2, 0) is 6.54 Å². The van der Waals surface area contributed by atoms with Gasteiger partial charge in [-0.3, -0.25) is 0 Å². The van der Waals surface area contributed by atoms with Gasteiger partial charge in [0.1, 0.15) is 28.3 Å². The zero-order valence-electron chi connectivity index (χ0n) is 16.1. The molecule has 29 heavy (non-hydrogen) atoms. The summed E-state index contributed by atoms with van der Waals surface area (Å²) < 4.78 is 16.2. The number of nitriles is 1. The maximum atomic E-state index is 13.3. The van der Waals surface area contributed by atoms with Crippen molar-refractivity contribution >= 4 is 49.1 Å². The van der Waals surface area contributed by atoms with E-state index in [0.29, 0.717) is 27.8 Å². The molecule has 0 saturated heterocycles. The second-order valence-electron chi connectivity index (χ2n) is 6.61. The van der Waals surface area contributed by atoms with Crippen LogP contribution in [0.1, 0.15) is 17.4 Å². The quantitative estimate of drug-likeness (QED) is 0.366. The van der Waals surface area contributed by atoms with Crippen LogP contribution in [0.25, 0.3) is 22.2 Å². The number of nitrogens with zero attached hydrogens (tertiary/aromatic N) is 5. The summed E-state index contributed by atoms with van der Waals surface area (Å²) in [6, 6.07) is 12.3. The number of halogens is 2. The van der Waals surface area contributed by atoms with Crippen LogP contribution < -0.4 is 4.90 Å². The fraction of sp³-hybridized carbons (Fsp3) is 0.190. The van der Waals surface area contributed by atoms with Gasteiger partial charge in [0, 0.05) is 29.0 Å². The van der Waals surface area contributed by atoms with Crippen molar-refractivity contribution < 1.29 is 4.39 Å². The third kappa shape index (κ3) is 3.41. The molecule has 0 radical (unpaired) electrons. The van der Waals surface area contributed by atoms with Gasteiger partial charge in [0.25, 0.3) is 0 Å². The van der Waals surface area contributed by atoms with Crippen molar-refractivity contribution in [1.29, 1.82) is 5.26 Å². The number of hydrogen-bond donors (Lipinski definition) is 0. The van der Waals surface area contributed by atoms with E-state index >= 15 is 0 Å². The Hall–Kier alpha value is -2.76. The predicted octanol–water partition coefficient (Wildman–Crippen LogP) is 6.03. The summed E-state index contributed by atoms with van der Waals surface area (Å²) in [6.07, 6.45) is 0. The van der Waals surface area contributed by atoms with Crippen LogP contribution in [0.5, 0.6) is 0 Å². The average Bonchev–Trinajstić information content (AvgIpc) is 3.29. The lowest BCUT2D eigenvalue weighted by molar-refractivity contribution is 0.628. The molecule has 0 aliphatic heterocycles. The molecule has 2 heterocycles. The van der Waals surface area contributed by atoms with Crippen LogP contribution in [0.15, 0.2) is 40.9 Å². The standard InChI is InChI=1S/C21H17BrFN5S/c1-4-28-20(16-10-14(22)9-12(2)18(16)26-28)27(3)21-25-19(17(11-24)29-21)13-5-7-15(23)8-6-13/h5-10H,4H2,1-3H3. The number of aromatic nitrogens is 3. The third-order valence-electron chi connectivity index (χ3n) is 4.71. The smallest absolute Gasteiger partial charge is 0.192 e. The van der Waals surface area contributed by atoms with Crippen LogP contribution in [0.3, 0.4) is 0 Å². The van der Waals surface area contributed by atoms with Gasteiger partial charge in [-0.25, -0.2) is 14.1 Å². The van der Waals surface area contributed by atoms with Crippen LogP contribution in [0, 0.1) is 24.1 Å². The molecule has 0 atom stereocenters. The Morgan fingerprint density at radius 2 is 2.00 bits per heavy atom. The highest BCUT2D eigenvalue weighted by Crippen LogP contribution is 2.39. The van der Waals surface area contributed by atoms with E-state index in [2.05, 4.69) is 22.0 Å². The van der Waals surface area contributed by atoms with Gasteiger partial charge in [-0.15, -0.1) is 0 Å². The van der Waals surface area contributed by atoms with E-state index in [-0.39, 0.29) is 5.82 Å². The largest absolute Gasteiger partial charge is 0.305 e. The van der Waals surface area contributed by atoms with Gasteiger partial charge in [0.05, 0.1) is 5.52 Å². The molecule has 4 rings (SSSR count). The topological polar surface area (TPSA) is 57.7 Å². The van der Waals surface area contributed by atoms with E-state index < -0.39 is 0 Å². The SMILES string of the molecule is CCn1nc2c(C)cc(Br)cc2c1N(C)c1nc(-c2ccc(F)cc2)c(C#N)s1. The maximum Gasteiger partial charge on any atom is 0.192 e. The van der Waals surface area contributed by atoms with Crippen molar-refractivity contribution in [2.75, 3.05) is 11.9 Å². The van der Waals surface area contributed by atoms with Crippen LogP contribution >= 0.6 is 27.3 Å². The Kier molecular flexibility index (Phi) is 5.11. The molecule has 0 saturated carbocycles. The molecule has 8 heteroatoms. The summed E-state index contributed by atoms with van der Waals surface area (Å²) >= 11 is 4.88. The number of fused-ring (bicyclic) bond motifs is 1. The van der Waals surface area contributed by atoms with E-state index in [9.17, 15) is 9.65 Å². The first-order valence-corrected chi connectivity index (χ1v) is 10.6. The fourth-order valence-electron chi connectivity index (χ4n) is 3.34. The molecule has 4 aromatic rings. The van der Waals surface area contributed by atoms with Crippen molar-refractivity contribution in [2.45, 2.75) is 20.4 Å². The maximum absolute atomic E-state index is 13.3. The molecule has 0 spiro atoms. The first-order valence-electron chi connectivity index (χ1n) is 9.00. The first-order chi connectivity index (χ1) is 13.9. The second-order valence-corrected chi connectivity index (χ2v) is 8.50. The van der Waals surface area contributed by atoms with E-state index in [4.69, 9.17) is 10.1 Å². The van der Waals surface area contributed by atoms with Gasteiger partial charge < -0.3 is 4.90 Å². The Bertz CT molecular complexity index is 1250. The zero-order valence-corrected chi connectivity index (χ0v) is 18.5. The molecule has 2 aromatic carbocycles. The lowest BCUT2D eigenvalue weighted by atomic mass is 10.1. The lowest BCUT2D eigenvalue weighted by Gasteiger charge is -2.17. The normalized spacial score (nSPS) is 11.0. The summed E-state index contributed by atoms with van der Waals surface area (Å²) in [7, 11) is 1.92. The summed E-state index contributed by atoms with van der Waals surface area (Å²) in [5.41, 5.74) is 3.29. The van der Waals surface area contributed by atoms with E-state index in [1.807, 2.05) is 42.6 Å². The van der Waals surface area contributed by atoms with Crippen molar-refractivity contribution in [2.24, 2.45) is 0 Å². The molecule has 0 N–H and O–H groups in total. The monoisotopic (exact) mass is 469 g/mol. The number of anilines is 2. The molecule has 146 valence electrons. The van der Waals surface area contributed by atoms with Gasteiger partial charge in [-0.05, 0) is 55.8 Å². The van der Waals surface area contributed by atoms with E-state index in [0.717, 1.165) is 26.8 Å². The second kappa shape index (κ2) is 7.58. The minimum Gasteiger partial charge on any atom is -0.305 e. The Morgan fingerprint density at radius 1 is 1.28 bits per heavy atom. The van der Waals surface area contributed by atoms with Gasteiger partial charge >= 0.3 is 0 Å². The molecule has 0 unspecified atom stereocenters. The highest BCUT2D eigenvalue weighted by molar-refractivity contribution is 9.10. The van der Waals surface area contributed by atoms with Crippen LogP contribution in [-0.4, -0.2) is 21.8 Å². The summed E-state index contributed by atoms with van der Waals surface area (Å²) in [5.74, 6) is 0.592. The fourth-order valence-corrected chi connectivity index (χ4v) is 4.76. The number of aryl methyl sites for hydroxylation is 2. The minimum atomic E-state index is -0.320. The Balaban J connectivity index is 1.87. The van der Waals surface area contributed by atoms with Crippen LogP contribution in [0.4, 0.5) is 15.3 Å². The number of benzene rings is 2. The average molecular weight is 470 g/mol. The van der Waals surface area contributed by atoms with Crippen molar-refractivity contribution in [3.05, 3.63) is 57.1 Å². The Morgan fingerprint density at radius 3 is 2.66 bits per heavy atom. The van der Waals surface area contributed by atoms with Crippen molar-refractivity contribution in [3.63, 3.8) is 0 Å². The Labute approximate surface area is 180 Å². The van der Waals surface area contributed by atoms with Gasteiger partial charge in [0.2, 0.25) is 0 Å². The molecule has 2 aromatic heterocycles. The van der Waals surface area contributed by atoms with E-state index in [1.165, 1.54) is 23.5 Å². The number of rotatable bonds is 4. The third-order valence-corrected chi connectivity index (χ3v) is 6.20. The van der Waals surface area contributed by atoms with E-state index in [1.54, 1.807) is 12.1 Å². The highest BCUT2D eigenvalue weighted by atomic mass is 79.9. The molecular weight excluding hydrogens is 453 g/mol. The summed E-state index contributed by atoms with van der Waals surface area (Å²) in [4.78, 5) is 7.16. The molecule has 0 aliphatic rings. The molecular formula is C21H17BrFN5S. The summed E-state index contributed by atoms with van der Waals surface area (Å²) in [5, 5.41) is 16.1. The van der Waals surface area contributed by atoms with Crippen molar-refractivity contribution in [3.8, 4) is 17.3 Å². The molecule has 5 nitrogen and oxygen atoms in total. The molecule has 0 fully saturated rings. The first kappa shape index (κ1) is 19.6. The van der Waals surface area contributed by atoms with Crippen LogP contribution in [0.2, 0.25) is 0 Å². The molecule has 0 amide bonds. The zero-order chi connectivity index (χ0) is 20.7. The van der Waals surface area contributed by atoms with Gasteiger partial charge in [-0.2, -0.15) is 10.4 Å². The number of hydrogen-bond acceptors (Lipinski definition) is 5. The minimum absolute atomic E-state index is 0.320. The van der Waals surface area contributed by atoms with Crippen molar-refractivity contribution in [1.82, 2.24) is 14.8 Å². The predicted molar refractivity (Wildman–Crippen MR) is 118 cm³/mol.